The Bertz CT molecular complexity index is 322. The first kappa shape index (κ1) is 13.5. The molecule has 0 aromatic heterocycles. The number of halogens is 1. The number of rotatable bonds is 6. The highest BCUT2D eigenvalue weighted by molar-refractivity contribution is 9.10. The molecule has 1 aromatic carbocycles. The van der Waals surface area contributed by atoms with E-state index < -0.39 is 0 Å². The predicted molar refractivity (Wildman–Crippen MR) is 75.1 cm³/mol. The van der Waals surface area contributed by atoms with Gasteiger partial charge in [0.25, 0.3) is 0 Å². The van der Waals surface area contributed by atoms with Crippen molar-refractivity contribution in [2.24, 2.45) is 0 Å². The van der Waals surface area contributed by atoms with Gasteiger partial charge in [0.1, 0.15) is 0 Å². The van der Waals surface area contributed by atoms with Crippen molar-refractivity contribution in [3.63, 3.8) is 0 Å². The molecule has 0 radical (unpaired) electrons. The Labute approximate surface area is 107 Å². The summed E-state index contributed by atoms with van der Waals surface area (Å²) in [5.74, 6) is 0. The van der Waals surface area contributed by atoms with Crippen molar-refractivity contribution in [3.05, 3.63) is 28.2 Å². The zero-order valence-electron chi connectivity index (χ0n) is 10.4. The molecule has 0 saturated heterocycles. The molecule has 16 heavy (non-hydrogen) atoms. The van der Waals surface area contributed by atoms with Crippen molar-refractivity contribution in [2.75, 3.05) is 24.5 Å². The quantitative estimate of drug-likeness (QED) is 0.861. The second kappa shape index (κ2) is 6.92. The van der Waals surface area contributed by atoms with Gasteiger partial charge in [0.15, 0.2) is 0 Å². The van der Waals surface area contributed by atoms with Crippen LogP contribution >= 0.6 is 15.9 Å². The molecule has 0 bridgehead atoms. The summed E-state index contributed by atoms with van der Waals surface area (Å²) in [5.41, 5.74) is 2.70. The van der Waals surface area contributed by atoms with Gasteiger partial charge in [0.05, 0.1) is 0 Å². The largest absolute Gasteiger partial charge is 0.372 e. The van der Waals surface area contributed by atoms with Crippen molar-refractivity contribution in [2.45, 2.75) is 27.3 Å². The lowest BCUT2D eigenvalue weighted by atomic mass is 10.1. The minimum atomic E-state index is 0.932. The SMILES string of the molecule is CCNCc1cc(Br)ccc1N(CC)CC. The Morgan fingerprint density at radius 2 is 1.88 bits per heavy atom. The zero-order chi connectivity index (χ0) is 12.0. The molecule has 2 nitrogen and oxygen atoms in total. The molecule has 0 saturated carbocycles. The fourth-order valence-electron chi connectivity index (χ4n) is 1.83. The lowest BCUT2D eigenvalue weighted by molar-refractivity contribution is 0.721. The van der Waals surface area contributed by atoms with Crippen LogP contribution < -0.4 is 10.2 Å². The van der Waals surface area contributed by atoms with Crippen LogP contribution in [0.4, 0.5) is 5.69 Å². The summed E-state index contributed by atoms with van der Waals surface area (Å²) in [6.07, 6.45) is 0. The molecule has 0 amide bonds. The summed E-state index contributed by atoms with van der Waals surface area (Å²) < 4.78 is 1.15. The molecule has 0 aliphatic rings. The van der Waals surface area contributed by atoms with Crippen molar-refractivity contribution in [3.8, 4) is 0 Å². The third-order valence-electron chi connectivity index (χ3n) is 2.71. The number of nitrogens with zero attached hydrogens (tertiary/aromatic N) is 1. The lowest BCUT2D eigenvalue weighted by Gasteiger charge is -2.24. The fourth-order valence-corrected chi connectivity index (χ4v) is 2.24. The molecule has 1 aromatic rings. The molecule has 0 aliphatic carbocycles. The zero-order valence-corrected chi connectivity index (χ0v) is 12.0. The molecule has 0 unspecified atom stereocenters. The summed E-state index contributed by atoms with van der Waals surface area (Å²) in [7, 11) is 0. The van der Waals surface area contributed by atoms with E-state index in [-0.39, 0.29) is 0 Å². The molecule has 1 rings (SSSR count). The van der Waals surface area contributed by atoms with E-state index in [1.807, 2.05) is 0 Å². The standard InChI is InChI=1S/C13H21BrN2/c1-4-15-10-11-9-12(14)7-8-13(11)16(5-2)6-3/h7-9,15H,4-6,10H2,1-3H3. The summed E-state index contributed by atoms with van der Waals surface area (Å²) in [6, 6.07) is 6.52. The van der Waals surface area contributed by atoms with Gasteiger partial charge in [-0.05, 0) is 44.2 Å². The molecular weight excluding hydrogens is 264 g/mol. The first-order valence-corrected chi connectivity index (χ1v) is 6.76. The van der Waals surface area contributed by atoms with Gasteiger partial charge < -0.3 is 10.2 Å². The second-order valence-corrected chi connectivity index (χ2v) is 4.64. The predicted octanol–water partition coefficient (Wildman–Crippen LogP) is 3.40. The number of anilines is 1. The van der Waals surface area contributed by atoms with E-state index in [0.29, 0.717) is 0 Å². The smallest absolute Gasteiger partial charge is 0.0412 e. The molecule has 0 aliphatic heterocycles. The molecule has 0 heterocycles. The van der Waals surface area contributed by atoms with Crippen molar-refractivity contribution in [1.82, 2.24) is 5.32 Å². The Kier molecular flexibility index (Phi) is 5.85. The molecular formula is C13H21BrN2. The van der Waals surface area contributed by atoms with Gasteiger partial charge in [0, 0.05) is 29.8 Å². The van der Waals surface area contributed by atoms with E-state index in [1.54, 1.807) is 0 Å². The minimum Gasteiger partial charge on any atom is -0.372 e. The summed E-state index contributed by atoms with van der Waals surface area (Å²) in [5, 5.41) is 3.39. The summed E-state index contributed by atoms with van der Waals surface area (Å²) >= 11 is 3.53. The maximum atomic E-state index is 3.53. The second-order valence-electron chi connectivity index (χ2n) is 3.73. The number of hydrogen-bond donors (Lipinski definition) is 1. The highest BCUT2D eigenvalue weighted by atomic mass is 79.9. The summed E-state index contributed by atoms with van der Waals surface area (Å²) in [4.78, 5) is 2.39. The van der Waals surface area contributed by atoms with Gasteiger partial charge in [-0.15, -0.1) is 0 Å². The summed E-state index contributed by atoms with van der Waals surface area (Å²) in [6.45, 7) is 10.6. The van der Waals surface area contributed by atoms with Gasteiger partial charge in [-0.1, -0.05) is 22.9 Å². The van der Waals surface area contributed by atoms with E-state index in [1.165, 1.54) is 11.3 Å². The molecule has 0 fully saturated rings. The minimum absolute atomic E-state index is 0.932. The Hall–Kier alpha value is -0.540. The first-order chi connectivity index (χ1) is 7.72. The highest BCUT2D eigenvalue weighted by Crippen LogP contribution is 2.24. The van der Waals surface area contributed by atoms with Gasteiger partial charge >= 0.3 is 0 Å². The maximum Gasteiger partial charge on any atom is 0.0412 e. The van der Waals surface area contributed by atoms with Crippen LogP contribution in [0.15, 0.2) is 22.7 Å². The third kappa shape index (κ3) is 3.49. The number of benzene rings is 1. The van der Waals surface area contributed by atoms with E-state index >= 15 is 0 Å². The van der Waals surface area contributed by atoms with Gasteiger partial charge in [0.2, 0.25) is 0 Å². The average Bonchev–Trinajstić information content (AvgIpc) is 2.30. The van der Waals surface area contributed by atoms with E-state index in [2.05, 4.69) is 65.1 Å². The Morgan fingerprint density at radius 3 is 2.44 bits per heavy atom. The van der Waals surface area contributed by atoms with Gasteiger partial charge in [-0.2, -0.15) is 0 Å². The Morgan fingerprint density at radius 1 is 1.19 bits per heavy atom. The average molecular weight is 285 g/mol. The van der Waals surface area contributed by atoms with Crippen LogP contribution in [-0.2, 0) is 6.54 Å². The van der Waals surface area contributed by atoms with Crippen LogP contribution in [0.2, 0.25) is 0 Å². The van der Waals surface area contributed by atoms with Crippen molar-refractivity contribution >= 4 is 21.6 Å². The van der Waals surface area contributed by atoms with Crippen LogP contribution in [0, 0.1) is 0 Å². The van der Waals surface area contributed by atoms with Gasteiger partial charge in [-0.25, -0.2) is 0 Å². The normalized spacial score (nSPS) is 10.5. The van der Waals surface area contributed by atoms with Gasteiger partial charge in [-0.3, -0.25) is 0 Å². The number of hydrogen-bond acceptors (Lipinski definition) is 2. The monoisotopic (exact) mass is 284 g/mol. The maximum absolute atomic E-state index is 3.53. The molecule has 0 spiro atoms. The van der Waals surface area contributed by atoms with Crippen LogP contribution in [0.3, 0.4) is 0 Å². The van der Waals surface area contributed by atoms with Crippen LogP contribution in [0.25, 0.3) is 0 Å². The van der Waals surface area contributed by atoms with Crippen LogP contribution in [0.5, 0.6) is 0 Å². The molecule has 90 valence electrons. The van der Waals surface area contributed by atoms with E-state index in [9.17, 15) is 0 Å². The van der Waals surface area contributed by atoms with E-state index in [0.717, 1.165) is 30.7 Å². The third-order valence-corrected chi connectivity index (χ3v) is 3.20. The highest BCUT2D eigenvalue weighted by Gasteiger charge is 2.08. The molecule has 3 heteroatoms. The first-order valence-electron chi connectivity index (χ1n) is 5.97. The van der Waals surface area contributed by atoms with E-state index in [4.69, 9.17) is 0 Å². The molecule has 1 N–H and O–H groups in total. The fraction of sp³-hybridized carbons (Fsp3) is 0.538. The number of nitrogens with one attached hydrogen (secondary N) is 1. The lowest BCUT2D eigenvalue weighted by Crippen LogP contribution is -2.24. The van der Waals surface area contributed by atoms with Crippen LogP contribution in [0.1, 0.15) is 26.3 Å². The van der Waals surface area contributed by atoms with Crippen molar-refractivity contribution < 1.29 is 0 Å². The van der Waals surface area contributed by atoms with Crippen molar-refractivity contribution in [1.29, 1.82) is 0 Å². The Balaban J connectivity index is 2.96. The molecule has 0 atom stereocenters. The topological polar surface area (TPSA) is 15.3 Å². The van der Waals surface area contributed by atoms with Crippen LogP contribution in [-0.4, -0.2) is 19.6 Å².